The number of nitrogens with zero attached hydrogens (tertiary/aromatic N) is 1. The summed E-state index contributed by atoms with van der Waals surface area (Å²) in [4.78, 5) is 3.05. The second-order valence-corrected chi connectivity index (χ2v) is 3.36. The number of rotatable bonds is 0. The monoisotopic (exact) mass is 220 g/mol. The van der Waals surface area contributed by atoms with Crippen LogP contribution < -0.4 is 0 Å². The van der Waals surface area contributed by atoms with Gasteiger partial charge in [0.15, 0.2) is 0 Å². The van der Waals surface area contributed by atoms with E-state index in [-0.39, 0.29) is 0 Å². The highest BCUT2D eigenvalue weighted by atomic mass is 79.9. The molecule has 0 radical (unpaired) electrons. The molecule has 3 heteroatoms. The maximum absolute atomic E-state index is 8.72. The number of benzene rings is 1. The topological polar surface area (TPSA) is 39.6 Å². The summed E-state index contributed by atoms with van der Waals surface area (Å²) in [5.74, 6) is 0. The zero-order valence-electron chi connectivity index (χ0n) is 6.13. The zero-order valence-corrected chi connectivity index (χ0v) is 7.72. The number of nitriles is 1. The predicted octanol–water partition coefficient (Wildman–Crippen LogP) is 2.80. The molecule has 0 saturated carbocycles. The fraction of sp³-hybridized carbons (Fsp3) is 0. The molecular weight excluding hydrogens is 216 g/mol. The van der Waals surface area contributed by atoms with Crippen LogP contribution in [0.15, 0.2) is 28.9 Å². The highest BCUT2D eigenvalue weighted by Gasteiger charge is 2.01. The molecule has 58 valence electrons. The van der Waals surface area contributed by atoms with E-state index in [1.165, 1.54) is 0 Å². The molecule has 1 aromatic carbocycles. The van der Waals surface area contributed by atoms with Crippen LogP contribution in [0.25, 0.3) is 10.9 Å². The molecule has 0 amide bonds. The Labute approximate surface area is 77.9 Å². The molecule has 0 atom stereocenters. The normalized spacial score (nSPS) is 10.0. The Bertz CT molecular complexity index is 465. The Hall–Kier alpha value is -1.27. The number of H-pyrrole nitrogens is 1. The van der Waals surface area contributed by atoms with E-state index in [0.29, 0.717) is 5.56 Å². The van der Waals surface area contributed by atoms with Gasteiger partial charge in [-0.15, -0.1) is 0 Å². The van der Waals surface area contributed by atoms with E-state index in [2.05, 4.69) is 27.0 Å². The Morgan fingerprint density at radius 2 is 2.25 bits per heavy atom. The van der Waals surface area contributed by atoms with Crippen molar-refractivity contribution in [2.24, 2.45) is 0 Å². The van der Waals surface area contributed by atoms with E-state index < -0.39 is 0 Å². The summed E-state index contributed by atoms with van der Waals surface area (Å²) in [7, 11) is 0. The Morgan fingerprint density at radius 3 is 3.00 bits per heavy atom. The average Bonchev–Trinajstić information content (AvgIpc) is 2.49. The van der Waals surface area contributed by atoms with Gasteiger partial charge in [0.25, 0.3) is 0 Å². The summed E-state index contributed by atoms with van der Waals surface area (Å²) in [6.07, 6.45) is 1.86. The molecule has 0 bridgehead atoms. The summed E-state index contributed by atoms with van der Waals surface area (Å²) in [6.45, 7) is 0. The molecule has 0 aliphatic carbocycles. The van der Waals surface area contributed by atoms with Crippen molar-refractivity contribution in [1.29, 1.82) is 5.26 Å². The number of nitrogens with one attached hydrogen (secondary N) is 1. The summed E-state index contributed by atoms with van der Waals surface area (Å²) in [5.41, 5.74) is 1.65. The van der Waals surface area contributed by atoms with Gasteiger partial charge in [-0.2, -0.15) is 5.26 Å². The van der Waals surface area contributed by atoms with Crippen molar-refractivity contribution in [2.75, 3.05) is 0 Å². The van der Waals surface area contributed by atoms with Crippen molar-refractivity contribution in [2.45, 2.75) is 0 Å². The number of hydrogen-bond donors (Lipinski definition) is 1. The Morgan fingerprint density at radius 1 is 1.42 bits per heavy atom. The molecule has 0 spiro atoms. The predicted molar refractivity (Wildman–Crippen MR) is 50.7 cm³/mol. The molecular formula is C9H5BrN2. The van der Waals surface area contributed by atoms with Gasteiger partial charge in [0, 0.05) is 21.6 Å². The van der Waals surface area contributed by atoms with Crippen LogP contribution in [0, 0.1) is 11.3 Å². The van der Waals surface area contributed by atoms with E-state index in [1.807, 2.05) is 24.4 Å². The van der Waals surface area contributed by atoms with E-state index in [4.69, 9.17) is 5.26 Å². The van der Waals surface area contributed by atoms with Crippen LogP contribution >= 0.6 is 15.9 Å². The van der Waals surface area contributed by atoms with Gasteiger partial charge in [0.2, 0.25) is 0 Å². The largest absolute Gasteiger partial charge is 0.361 e. The first-order valence-electron chi connectivity index (χ1n) is 3.48. The third-order valence-corrected chi connectivity index (χ3v) is 2.42. The lowest BCUT2D eigenvalue weighted by Crippen LogP contribution is -1.77. The van der Waals surface area contributed by atoms with Gasteiger partial charge < -0.3 is 4.98 Å². The molecule has 0 aliphatic heterocycles. The van der Waals surface area contributed by atoms with E-state index in [9.17, 15) is 0 Å². The van der Waals surface area contributed by atoms with Crippen molar-refractivity contribution in [3.63, 3.8) is 0 Å². The van der Waals surface area contributed by atoms with Gasteiger partial charge in [-0.3, -0.25) is 0 Å². The second-order valence-electron chi connectivity index (χ2n) is 2.51. The quantitative estimate of drug-likeness (QED) is 0.729. The first kappa shape index (κ1) is 7.38. The standard InChI is InChI=1S/C9H5BrN2/c10-8-3-6-1-2-12-9(6)4-7(8)5-11/h1-4,12H. The smallest absolute Gasteiger partial charge is 0.100 e. The van der Waals surface area contributed by atoms with Crippen LogP contribution in [0.5, 0.6) is 0 Å². The number of hydrogen-bond acceptors (Lipinski definition) is 1. The molecule has 0 fully saturated rings. The molecule has 1 aromatic heterocycles. The molecule has 2 nitrogen and oxygen atoms in total. The van der Waals surface area contributed by atoms with Crippen molar-refractivity contribution in [1.82, 2.24) is 4.98 Å². The minimum atomic E-state index is 0.657. The van der Waals surface area contributed by atoms with Gasteiger partial charge >= 0.3 is 0 Å². The zero-order chi connectivity index (χ0) is 8.55. The summed E-state index contributed by atoms with van der Waals surface area (Å²) >= 11 is 3.33. The molecule has 0 saturated heterocycles. The van der Waals surface area contributed by atoms with Crippen molar-refractivity contribution in [3.8, 4) is 6.07 Å². The third kappa shape index (κ3) is 1.01. The van der Waals surface area contributed by atoms with Gasteiger partial charge in [0.05, 0.1) is 5.56 Å². The highest BCUT2D eigenvalue weighted by Crippen LogP contribution is 2.22. The average molecular weight is 221 g/mol. The number of halogens is 1. The summed E-state index contributed by atoms with van der Waals surface area (Å²) in [6, 6.07) is 7.85. The minimum Gasteiger partial charge on any atom is -0.361 e. The molecule has 0 unspecified atom stereocenters. The lowest BCUT2D eigenvalue weighted by Gasteiger charge is -1.94. The maximum atomic E-state index is 8.72. The van der Waals surface area contributed by atoms with Gasteiger partial charge in [-0.1, -0.05) is 0 Å². The van der Waals surface area contributed by atoms with Crippen LogP contribution in [-0.2, 0) is 0 Å². The summed E-state index contributed by atoms with van der Waals surface area (Å²) in [5, 5.41) is 9.83. The highest BCUT2D eigenvalue weighted by molar-refractivity contribution is 9.10. The van der Waals surface area contributed by atoms with Crippen molar-refractivity contribution in [3.05, 3.63) is 34.4 Å². The van der Waals surface area contributed by atoms with Gasteiger partial charge in [-0.25, -0.2) is 0 Å². The SMILES string of the molecule is N#Cc1cc2[nH]ccc2cc1Br. The fourth-order valence-electron chi connectivity index (χ4n) is 1.16. The first-order chi connectivity index (χ1) is 5.81. The van der Waals surface area contributed by atoms with E-state index in [1.54, 1.807) is 0 Å². The number of aromatic amines is 1. The van der Waals surface area contributed by atoms with Crippen molar-refractivity contribution >= 4 is 26.8 Å². The van der Waals surface area contributed by atoms with Crippen molar-refractivity contribution < 1.29 is 0 Å². The number of fused-ring (bicyclic) bond motifs is 1. The minimum absolute atomic E-state index is 0.657. The van der Waals surface area contributed by atoms with Gasteiger partial charge in [0.1, 0.15) is 6.07 Å². The maximum Gasteiger partial charge on any atom is 0.100 e. The third-order valence-electron chi connectivity index (χ3n) is 1.76. The Kier molecular flexibility index (Phi) is 1.63. The van der Waals surface area contributed by atoms with Gasteiger partial charge in [-0.05, 0) is 34.1 Å². The van der Waals surface area contributed by atoms with E-state index in [0.717, 1.165) is 15.4 Å². The molecule has 1 N–H and O–H groups in total. The van der Waals surface area contributed by atoms with Crippen LogP contribution in [-0.4, -0.2) is 4.98 Å². The van der Waals surface area contributed by atoms with Crippen LogP contribution in [0.3, 0.4) is 0 Å². The molecule has 1 heterocycles. The molecule has 0 aliphatic rings. The number of aromatic nitrogens is 1. The van der Waals surface area contributed by atoms with Crippen LogP contribution in [0.1, 0.15) is 5.56 Å². The second kappa shape index (κ2) is 2.65. The van der Waals surface area contributed by atoms with Crippen LogP contribution in [0.2, 0.25) is 0 Å². The lowest BCUT2D eigenvalue weighted by molar-refractivity contribution is 1.45. The molecule has 12 heavy (non-hydrogen) atoms. The van der Waals surface area contributed by atoms with Crippen LogP contribution in [0.4, 0.5) is 0 Å². The Balaban J connectivity index is 2.84. The van der Waals surface area contributed by atoms with E-state index >= 15 is 0 Å². The molecule has 2 rings (SSSR count). The molecule has 2 aromatic rings. The first-order valence-corrected chi connectivity index (χ1v) is 4.27. The lowest BCUT2D eigenvalue weighted by atomic mass is 10.2. The summed E-state index contributed by atoms with van der Waals surface area (Å²) < 4.78 is 0.845. The fourth-order valence-corrected chi connectivity index (χ4v) is 1.61.